The van der Waals surface area contributed by atoms with Gasteiger partial charge in [-0.2, -0.15) is 0 Å². The van der Waals surface area contributed by atoms with E-state index in [0.29, 0.717) is 17.5 Å². The normalized spacial score (nSPS) is 28.3. The van der Waals surface area contributed by atoms with Gasteiger partial charge in [-0.25, -0.2) is 4.98 Å². The van der Waals surface area contributed by atoms with Gasteiger partial charge in [-0.15, -0.1) is 0 Å². The number of rotatable bonds is 4. The van der Waals surface area contributed by atoms with Crippen molar-refractivity contribution in [1.29, 1.82) is 0 Å². The van der Waals surface area contributed by atoms with Crippen LogP contribution < -0.4 is 5.32 Å². The molecule has 1 N–H and O–H groups in total. The number of hydrogen-bond donors (Lipinski definition) is 1. The average Bonchev–Trinajstić information content (AvgIpc) is 2.89. The van der Waals surface area contributed by atoms with Crippen LogP contribution in [0.15, 0.2) is 6.33 Å². The molecule has 0 bridgehead atoms. The Kier molecular flexibility index (Phi) is 4.39. The SMILES string of the molecule is CCCNC1CCC(C)(C)CC1n1cnc2c1CCCC2. The minimum absolute atomic E-state index is 0.459. The van der Waals surface area contributed by atoms with Gasteiger partial charge in [-0.05, 0) is 63.3 Å². The fourth-order valence-corrected chi connectivity index (χ4v) is 4.19. The molecule has 1 heterocycles. The molecule has 3 nitrogen and oxygen atoms in total. The Bertz CT molecular complexity index is 475. The maximum Gasteiger partial charge on any atom is 0.0954 e. The molecule has 3 heteroatoms. The van der Waals surface area contributed by atoms with Crippen LogP contribution in [0.2, 0.25) is 0 Å². The zero-order valence-corrected chi connectivity index (χ0v) is 14.0. The van der Waals surface area contributed by atoms with E-state index >= 15 is 0 Å². The lowest BCUT2D eigenvalue weighted by atomic mass is 9.72. The van der Waals surface area contributed by atoms with E-state index in [1.165, 1.54) is 62.8 Å². The Morgan fingerprint density at radius 1 is 1.33 bits per heavy atom. The molecule has 0 aliphatic heterocycles. The van der Waals surface area contributed by atoms with Crippen molar-refractivity contribution >= 4 is 0 Å². The van der Waals surface area contributed by atoms with Crippen molar-refractivity contribution in [3.63, 3.8) is 0 Å². The summed E-state index contributed by atoms with van der Waals surface area (Å²) in [7, 11) is 0. The lowest BCUT2D eigenvalue weighted by molar-refractivity contribution is 0.140. The summed E-state index contributed by atoms with van der Waals surface area (Å²) in [5.74, 6) is 0. The number of imidazole rings is 1. The van der Waals surface area contributed by atoms with Crippen LogP contribution in [0.5, 0.6) is 0 Å². The van der Waals surface area contributed by atoms with Gasteiger partial charge in [0.25, 0.3) is 0 Å². The Morgan fingerprint density at radius 3 is 2.95 bits per heavy atom. The molecule has 2 aliphatic carbocycles. The van der Waals surface area contributed by atoms with Crippen molar-refractivity contribution in [2.45, 2.75) is 84.2 Å². The van der Waals surface area contributed by atoms with E-state index in [0.717, 1.165) is 6.54 Å². The molecule has 0 amide bonds. The highest BCUT2D eigenvalue weighted by Gasteiger charge is 2.36. The summed E-state index contributed by atoms with van der Waals surface area (Å²) in [4.78, 5) is 4.73. The fraction of sp³-hybridized carbons (Fsp3) is 0.833. The van der Waals surface area contributed by atoms with E-state index in [9.17, 15) is 0 Å². The molecule has 2 atom stereocenters. The highest BCUT2D eigenvalue weighted by Crippen LogP contribution is 2.42. The van der Waals surface area contributed by atoms with E-state index in [2.05, 4.69) is 37.0 Å². The van der Waals surface area contributed by atoms with E-state index < -0.39 is 0 Å². The first-order chi connectivity index (χ1) is 10.1. The molecule has 0 radical (unpaired) electrons. The number of nitrogens with zero attached hydrogens (tertiary/aromatic N) is 2. The van der Waals surface area contributed by atoms with Crippen molar-refractivity contribution in [1.82, 2.24) is 14.9 Å². The zero-order valence-electron chi connectivity index (χ0n) is 14.0. The Morgan fingerprint density at radius 2 is 2.14 bits per heavy atom. The number of nitrogens with one attached hydrogen (secondary N) is 1. The van der Waals surface area contributed by atoms with Gasteiger partial charge in [0.15, 0.2) is 0 Å². The molecule has 2 aliphatic rings. The van der Waals surface area contributed by atoms with Gasteiger partial charge >= 0.3 is 0 Å². The number of aromatic nitrogens is 2. The molecule has 0 spiro atoms. The van der Waals surface area contributed by atoms with Gasteiger partial charge in [0.05, 0.1) is 18.1 Å². The van der Waals surface area contributed by atoms with Crippen molar-refractivity contribution in [3.8, 4) is 0 Å². The smallest absolute Gasteiger partial charge is 0.0954 e. The van der Waals surface area contributed by atoms with Gasteiger partial charge in [-0.3, -0.25) is 0 Å². The summed E-state index contributed by atoms with van der Waals surface area (Å²) in [6, 6.07) is 1.22. The molecule has 3 rings (SSSR count). The van der Waals surface area contributed by atoms with Crippen LogP contribution in [0.3, 0.4) is 0 Å². The minimum atomic E-state index is 0.459. The van der Waals surface area contributed by atoms with Crippen molar-refractivity contribution in [2.75, 3.05) is 6.54 Å². The summed E-state index contributed by atoms with van der Waals surface area (Å²) < 4.78 is 2.54. The molecule has 1 aromatic rings. The Labute approximate surface area is 129 Å². The molecular weight excluding hydrogens is 258 g/mol. The second kappa shape index (κ2) is 6.12. The van der Waals surface area contributed by atoms with Crippen LogP contribution in [0, 0.1) is 5.41 Å². The fourth-order valence-electron chi connectivity index (χ4n) is 4.19. The molecule has 0 saturated heterocycles. The highest BCUT2D eigenvalue weighted by molar-refractivity contribution is 5.18. The van der Waals surface area contributed by atoms with Gasteiger partial charge in [-0.1, -0.05) is 20.8 Å². The topological polar surface area (TPSA) is 29.9 Å². The molecule has 1 aromatic heterocycles. The summed E-state index contributed by atoms with van der Waals surface area (Å²) in [5, 5.41) is 3.81. The van der Waals surface area contributed by atoms with E-state index in [1.54, 1.807) is 0 Å². The Hall–Kier alpha value is -0.830. The molecule has 118 valence electrons. The summed E-state index contributed by atoms with van der Waals surface area (Å²) >= 11 is 0. The first-order valence-electron chi connectivity index (χ1n) is 8.89. The van der Waals surface area contributed by atoms with Crippen molar-refractivity contribution in [3.05, 3.63) is 17.7 Å². The standard InChI is InChI=1S/C18H31N3/c1-4-11-19-15-9-10-18(2,3)12-17(15)21-13-20-14-7-5-6-8-16(14)21/h13,15,17,19H,4-12H2,1-3H3. The highest BCUT2D eigenvalue weighted by atomic mass is 15.1. The minimum Gasteiger partial charge on any atom is -0.330 e. The summed E-state index contributed by atoms with van der Waals surface area (Å²) in [6.07, 6.45) is 12.3. The third kappa shape index (κ3) is 3.18. The summed E-state index contributed by atoms with van der Waals surface area (Å²) in [5.41, 5.74) is 3.37. The number of aryl methyl sites for hydroxylation is 1. The predicted molar refractivity (Wildman–Crippen MR) is 87.6 cm³/mol. The molecule has 2 unspecified atom stereocenters. The third-order valence-corrected chi connectivity index (χ3v) is 5.43. The van der Waals surface area contributed by atoms with Gasteiger partial charge in [0.1, 0.15) is 0 Å². The lowest BCUT2D eigenvalue weighted by Gasteiger charge is -2.42. The predicted octanol–water partition coefficient (Wildman–Crippen LogP) is 3.88. The van der Waals surface area contributed by atoms with E-state index in [-0.39, 0.29) is 0 Å². The second-order valence-electron chi connectivity index (χ2n) is 7.79. The second-order valence-corrected chi connectivity index (χ2v) is 7.79. The van der Waals surface area contributed by atoms with Gasteiger partial charge in [0.2, 0.25) is 0 Å². The van der Waals surface area contributed by atoms with E-state index in [4.69, 9.17) is 4.98 Å². The molecule has 21 heavy (non-hydrogen) atoms. The quantitative estimate of drug-likeness (QED) is 0.911. The Balaban J connectivity index is 1.85. The maximum absolute atomic E-state index is 4.73. The average molecular weight is 289 g/mol. The van der Waals surface area contributed by atoms with Crippen LogP contribution in [-0.2, 0) is 12.8 Å². The molecule has 0 aromatic carbocycles. The first kappa shape index (κ1) is 15.1. The zero-order chi connectivity index (χ0) is 14.9. The van der Waals surface area contributed by atoms with Crippen molar-refractivity contribution < 1.29 is 0 Å². The maximum atomic E-state index is 4.73. The third-order valence-electron chi connectivity index (χ3n) is 5.43. The molecule has 1 fully saturated rings. The van der Waals surface area contributed by atoms with Gasteiger partial charge in [0, 0.05) is 11.7 Å². The lowest BCUT2D eigenvalue weighted by Crippen LogP contribution is -2.44. The first-order valence-corrected chi connectivity index (χ1v) is 8.89. The largest absolute Gasteiger partial charge is 0.330 e. The van der Waals surface area contributed by atoms with Crippen LogP contribution >= 0.6 is 0 Å². The van der Waals surface area contributed by atoms with Crippen LogP contribution in [0.4, 0.5) is 0 Å². The molecule has 1 saturated carbocycles. The monoisotopic (exact) mass is 289 g/mol. The van der Waals surface area contributed by atoms with Crippen LogP contribution in [0.25, 0.3) is 0 Å². The molecular formula is C18H31N3. The summed E-state index contributed by atoms with van der Waals surface area (Å²) in [6.45, 7) is 8.26. The number of hydrogen-bond acceptors (Lipinski definition) is 2. The van der Waals surface area contributed by atoms with Crippen LogP contribution in [-0.4, -0.2) is 22.1 Å². The van der Waals surface area contributed by atoms with Crippen molar-refractivity contribution in [2.24, 2.45) is 5.41 Å². The number of fused-ring (bicyclic) bond motifs is 1. The van der Waals surface area contributed by atoms with Gasteiger partial charge < -0.3 is 9.88 Å². The van der Waals surface area contributed by atoms with E-state index in [1.807, 2.05) is 0 Å². The van der Waals surface area contributed by atoms with Crippen LogP contribution in [0.1, 0.15) is 76.7 Å².